The molecule has 0 unspecified atom stereocenters. The van der Waals surface area contributed by atoms with Crippen LogP contribution in [-0.2, 0) is 17.9 Å². The van der Waals surface area contributed by atoms with Crippen molar-refractivity contribution in [2.45, 2.75) is 25.9 Å². The molecule has 2 aromatic rings. The number of halogens is 2. The van der Waals surface area contributed by atoms with Gasteiger partial charge in [0.1, 0.15) is 5.76 Å². The van der Waals surface area contributed by atoms with Gasteiger partial charge in [-0.15, -0.1) is 0 Å². The van der Waals surface area contributed by atoms with Crippen LogP contribution < -0.4 is 5.32 Å². The molecule has 6 heteroatoms. The minimum atomic E-state index is 0.0741. The molecule has 3 rings (SSSR count). The van der Waals surface area contributed by atoms with Crippen molar-refractivity contribution in [3.63, 3.8) is 0 Å². The first-order valence-electron chi connectivity index (χ1n) is 8.08. The monoisotopic (exact) mass is 366 g/mol. The predicted octanol–water partition coefficient (Wildman–Crippen LogP) is 4.11. The molecular formula is C18H20Cl2N2O2. The third kappa shape index (κ3) is 4.53. The Hall–Kier alpha value is -1.49. The molecule has 1 saturated heterocycles. The number of carbonyl (C=O) groups excluding carboxylic acids is 1. The van der Waals surface area contributed by atoms with Crippen LogP contribution in [0.25, 0.3) is 0 Å². The molecule has 0 radical (unpaired) electrons. The quantitative estimate of drug-likeness (QED) is 0.865. The number of carbonyl (C=O) groups is 1. The second kappa shape index (κ2) is 8.06. The largest absolute Gasteiger partial charge is 0.467 e. The maximum atomic E-state index is 12.2. The Kier molecular flexibility index (Phi) is 5.82. The number of hydrogen-bond acceptors (Lipinski definition) is 3. The van der Waals surface area contributed by atoms with E-state index in [0.29, 0.717) is 16.6 Å². The summed E-state index contributed by atoms with van der Waals surface area (Å²) < 4.78 is 5.23. The molecule has 128 valence electrons. The van der Waals surface area contributed by atoms with Crippen LogP contribution >= 0.6 is 23.2 Å². The van der Waals surface area contributed by atoms with E-state index in [2.05, 4.69) is 10.2 Å². The molecule has 0 bridgehead atoms. The minimum Gasteiger partial charge on any atom is -0.467 e. The maximum Gasteiger partial charge on any atom is 0.223 e. The molecule has 1 aliphatic rings. The van der Waals surface area contributed by atoms with Gasteiger partial charge in [0.15, 0.2) is 0 Å². The van der Waals surface area contributed by atoms with Crippen molar-refractivity contribution in [2.24, 2.45) is 5.92 Å². The summed E-state index contributed by atoms with van der Waals surface area (Å²) >= 11 is 12.0. The molecule has 0 aliphatic carbocycles. The zero-order chi connectivity index (χ0) is 16.9. The van der Waals surface area contributed by atoms with Crippen molar-refractivity contribution in [3.05, 3.63) is 58.0 Å². The van der Waals surface area contributed by atoms with Gasteiger partial charge in [-0.1, -0.05) is 29.3 Å². The van der Waals surface area contributed by atoms with Crippen molar-refractivity contribution in [1.29, 1.82) is 0 Å². The Bertz CT molecular complexity index is 680. The van der Waals surface area contributed by atoms with E-state index >= 15 is 0 Å². The summed E-state index contributed by atoms with van der Waals surface area (Å²) in [7, 11) is 0. The summed E-state index contributed by atoms with van der Waals surface area (Å²) in [5.74, 6) is 0.964. The molecule has 1 aromatic carbocycles. The molecular weight excluding hydrogens is 347 g/mol. The van der Waals surface area contributed by atoms with E-state index in [1.54, 1.807) is 6.26 Å². The average molecular weight is 367 g/mol. The highest BCUT2D eigenvalue weighted by Gasteiger charge is 2.25. The third-order valence-electron chi connectivity index (χ3n) is 4.37. The molecule has 0 atom stereocenters. The Balaban J connectivity index is 1.44. The van der Waals surface area contributed by atoms with E-state index in [-0.39, 0.29) is 11.8 Å². The van der Waals surface area contributed by atoms with Gasteiger partial charge < -0.3 is 9.73 Å². The van der Waals surface area contributed by atoms with Gasteiger partial charge in [-0.05, 0) is 55.8 Å². The van der Waals surface area contributed by atoms with Crippen molar-refractivity contribution in [1.82, 2.24) is 10.2 Å². The average Bonchev–Trinajstić information content (AvgIpc) is 3.10. The van der Waals surface area contributed by atoms with Gasteiger partial charge in [0.05, 0.1) is 22.9 Å². The summed E-state index contributed by atoms with van der Waals surface area (Å²) in [6, 6.07) is 9.42. The van der Waals surface area contributed by atoms with Crippen molar-refractivity contribution in [3.8, 4) is 0 Å². The molecule has 2 heterocycles. The van der Waals surface area contributed by atoms with Gasteiger partial charge in [-0.3, -0.25) is 9.69 Å². The predicted molar refractivity (Wildman–Crippen MR) is 95.0 cm³/mol. The molecule has 0 spiro atoms. The Morgan fingerprint density at radius 1 is 1.21 bits per heavy atom. The SMILES string of the molecule is O=C(NCc1ccco1)C1CCN(Cc2ccc(Cl)c(Cl)c2)CC1. The zero-order valence-corrected chi connectivity index (χ0v) is 14.8. The number of rotatable bonds is 5. The first kappa shape index (κ1) is 17.3. The molecule has 1 N–H and O–H groups in total. The lowest BCUT2D eigenvalue weighted by Crippen LogP contribution is -2.40. The minimum absolute atomic E-state index is 0.0741. The van der Waals surface area contributed by atoms with Gasteiger partial charge in [-0.25, -0.2) is 0 Å². The number of amides is 1. The lowest BCUT2D eigenvalue weighted by Gasteiger charge is -2.31. The van der Waals surface area contributed by atoms with Crippen LogP contribution in [0.4, 0.5) is 0 Å². The van der Waals surface area contributed by atoms with E-state index in [1.165, 1.54) is 0 Å². The van der Waals surface area contributed by atoms with Gasteiger partial charge in [0, 0.05) is 12.5 Å². The fourth-order valence-electron chi connectivity index (χ4n) is 2.98. The molecule has 0 saturated carbocycles. The summed E-state index contributed by atoms with van der Waals surface area (Å²) in [6.07, 6.45) is 3.35. The second-order valence-corrected chi connectivity index (χ2v) is 6.91. The van der Waals surface area contributed by atoms with Crippen molar-refractivity contribution >= 4 is 29.1 Å². The fraction of sp³-hybridized carbons (Fsp3) is 0.389. The van der Waals surface area contributed by atoms with Crippen molar-refractivity contribution in [2.75, 3.05) is 13.1 Å². The number of nitrogens with zero attached hydrogens (tertiary/aromatic N) is 1. The van der Waals surface area contributed by atoms with E-state index in [1.807, 2.05) is 30.3 Å². The summed E-state index contributed by atoms with van der Waals surface area (Å²) in [6.45, 7) is 3.09. The van der Waals surface area contributed by atoms with Gasteiger partial charge in [-0.2, -0.15) is 0 Å². The molecule has 24 heavy (non-hydrogen) atoms. The van der Waals surface area contributed by atoms with E-state index in [9.17, 15) is 4.79 Å². The Labute approximate surface area is 151 Å². The fourth-order valence-corrected chi connectivity index (χ4v) is 3.30. The normalized spacial score (nSPS) is 16.2. The first-order valence-corrected chi connectivity index (χ1v) is 8.84. The number of piperidine rings is 1. The number of likely N-dealkylation sites (tertiary alicyclic amines) is 1. The maximum absolute atomic E-state index is 12.2. The topological polar surface area (TPSA) is 45.5 Å². The number of hydrogen-bond donors (Lipinski definition) is 1. The summed E-state index contributed by atoms with van der Waals surface area (Å²) in [5, 5.41) is 4.11. The summed E-state index contributed by atoms with van der Waals surface area (Å²) in [4.78, 5) is 14.6. The van der Waals surface area contributed by atoms with Gasteiger partial charge >= 0.3 is 0 Å². The Morgan fingerprint density at radius 3 is 2.67 bits per heavy atom. The van der Waals surface area contributed by atoms with Crippen LogP contribution in [0, 0.1) is 5.92 Å². The number of benzene rings is 1. The first-order chi connectivity index (χ1) is 11.6. The third-order valence-corrected chi connectivity index (χ3v) is 5.10. The van der Waals surface area contributed by atoms with E-state index in [4.69, 9.17) is 27.6 Å². The smallest absolute Gasteiger partial charge is 0.223 e. The van der Waals surface area contributed by atoms with Crippen LogP contribution in [-0.4, -0.2) is 23.9 Å². The van der Waals surface area contributed by atoms with Gasteiger partial charge in [0.2, 0.25) is 5.91 Å². The van der Waals surface area contributed by atoms with Crippen LogP contribution in [0.1, 0.15) is 24.2 Å². The van der Waals surface area contributed by atoms with E-state index in [0.717, 1.165) is 43.8 Å². The number of furan rings is 1. The van der Waals surface area contributed by atoms with Crippen LogP contribution in [0.3, 0.4) is 0 Å². The van der Waals surface area contributed by atoms with Crippen LogP contribution in [0.2, 0.25) is 10.0 Å². The molecule has 1 fully saturated rings. The lowest BCUT2D eigenvalue weighted by atomic mass is 9.95. The highest BCUT2D eigenvalue weighted by atomic mass is 35.5. The highest BCUT2D eigenvalue weighted by molar-refractivity contribution is 6.42. The Morgan fingerprint density at radius 2 is 2.00 bits per heavy atom. The highest BCUT2D eigenvalue weighted by Crippen LogP contribution is 2.25. The standard InChI is InChI=1S/C18H20Cl2N2O2/c19-16-4-3-13(10-17(16)20)12-22-7-5-14(6-8-22)18(23)21-11-15-2-1-9-24-15/h1-4,9-10,14H,5-8,11-12H2,(H,21,23). The van der Waals surface area contributed by atoms with E-state index < -0.39 is 0 Å². The molecule has 1 aliphatic heterocycles. The number of nitrogens with one attached hydrogen (secondary N) is 1. The molecule has 1 amide bonds. The van der Waals surface area contributed by atoms with Crippen molar-refractivity contribution < 1.29 is 9.21 Å². The summed E-state index contributed by atoms with van der Waals surface area (Å²) in [5.41, 5.74) is 1.14. The van der Waals surface area contributed by atoms with Gasteiger partial charge in [0.25, 0.3) is 0 Å². The zero-order valence-electron chi connectivity index (χ0n) is 13.3. The lowest BCUT2D eigenvalue weighted by molar-refractivity contribution is -0.126. The second-order valence-electron chi connectivity index (χ2n) is 6.10. The van der Waals surface area contributed by atoms with Crippen LogP contribution in [0.15, 0.2) is 41.0 Å². The molecule has 4 nitrogen and oxygen atoms in total. The van der Waals surface area contributed by atoms with Crippen LogP contribution in [0.5, 0.6) is 0 Å². The molecule has 1 aromatic heterocycles.